The van der Waals surface area contributed by atoms with E-state index in [1.165, 1.54) is 12.7 Å². The first-order valence-electron chi connectivity index (χ1n) is 2.88. The van der Waals surface area contributed by atoms with Crippen LogP contribution in [0.1, 0.15) is 0 Å². The summed E-state index contributed by atoms with van der Waals surface area (Å²) in [5, 5.41) is 11.4. The quantitative estimate of drug-likeness (QED) is 0.557. The van der Waals surface area contributed by atoms with Gasteiger partial charge in [0.2, 0.25) is 10.1 Å². The van der Waals surface area contributed by atoms with Crippen LogP contribution in [0.15, 0.2) is 12.7 Å². The molecule has 0 saturated heterocycles. The largest absolute Gasteiger partial charge is 0.288 e. The van der Waals surface area contributed by atoms with Crippen LogP contribution in [-0.4, -0.2) is 30.4 Å². The van der Waals surface area contributed by atoms with Crippen molar-refractivity contribution >= 4 is 23.8 Å². The standard InChI is InChI=1S/C2H2ClN3.C2H3N3S/c3-2-4-1-5-6-2;6-2-3-1-4-5-2/h1H,(H,4,5,6);1H,(H2,3,4,5,6). The number of hydrogen-bond acceptors (Lipinski definition) is 4. The van der Waals surface area contributed by atoms with E-state index in [1.54, 1.807) is 0 Å². The lowest BCUT2D eigenvalue weighted by Crippen LogP contribution is -1.60. The molecule has 2 rings (SSSR count). The Morgan fingerprint density at radius 1 is 1.42 bits per heavy atom. The molecule has 2 aromatic heterocycles. The van der Waals surface area contributed by atoms with E-state index in [-0.39, 0.29) is 0 Å². The summed E-state index contributed by atoms with van der Waals surface area (Å²) in [4.78, 5) is 7.14. The molecule has 2 heterocycles. The predicted molar refractivity (Wildman–Crippen MR) is 45.2 cm³/mol. The number of nitrogens with one attached hydrogen (secondary N) is 3. The maximum Gasteiger partial charge on any atom is 0.218 e. The molecule has 3 N–H and O–H groups in total. The minimum atomic E-state index is 0.329. The molecule has 0 atom stereocenters. The molecule has 0 fully saturated rings. The van der Waals surface area contributed by atoms with Crippen LogP contribution in [0.3, 0.4) is 0 Å². The summed E-state index contributed by atoms with van der Waals surface area (Å²) in [6.45, 7) is 0. The Kier molecular flexibility index (Phi) is 3.42. The van der Waals surface area contributed by atoms with E-state index in [0.717, 1.165) is 0 Å². The summed E-state index contributed by atoms with van der Waals surface area (Å²) >= 11 is 9.77. The summed E-state index contributed by atoms with van der Waals surface area (Å²) in [6, 6.07) is 0. The molecule has 0 aliphatic carbocycles. The average Bonchev–Trinajstić information content (AvgIpc) is 2.63. The van der Waals surface area contributed by atoms with Crippen LogP contribution < -0.4 is 0 Å². The van der Waals surface area contributed by atoms with Crippen LogP contribution >= 0.6 is 23.8 Å². The van der Waals surface area contributed by atoms with Gasteiger partial charge in [0.15, 0.2) is 0 Å². The zero-order valence-electron chi connectivity index (χ0n) is 5.78. The van der Waals surface area contributed by atoms with Crippen molar-refractivity contribution < 1.29 is 0 Å². The lowest BCUT2D eigenvalue weighted by molar-refractivity contribution is 1.08. The highest BCUT2D eigenvalue weighted by molar-refractivity contribution is 7.71. The zero-order valence-corrected chi connectivity index (χ0v) is 7.35. The van der Waals surface area contributed by atoms with Gasteiger partial charge in [-0.3, -0.25) is 10.2 Å². The molecular formula is C4H5ClN6S. The number of halogens is 1. The normalized spacial score (nSPS) is 8.75. The van der Waals surface area contributed by atoms with Crippen LogP contribution in [0.5, 0.6) is 0 Å². The van der Waals surface area contributed by atoms with Crippen molar-refractivity contribution in [3.05, 3.63) is 22.7 Å². The Balaban J connectivity index is 0.000000120. The van der Waals surface area contributed by atoms with Crippen LogP contribution in [-0.2, 0) is 0 Å². The molecule has 0 aliphatic heterocycles. The van der Waals surface area contributed by atoms with Gasteiger partial charge in [-0.05, 0) is 23.8 Å². The number of H-pyrrole nitrogens is 3. The number of aromatic amines is 3. The second-order valence-electron chi connectivity index (χ2n) is 1.61. The van der Waals surface area contributed by atoms with Gasteiger partial charge in [-0.15, -0.1) is 0 Å². The van der Waals surface area contributed by atoms with Crippen molar-refractivity contribution in [2.75, 3.05) is 0 Å². The first-order valence-corrected chi connectivity index (χ1v) is 3.66. The van der Waals surface area contributed by atoms with Crippen molar-refractivity contribution in [2.24, 2.45) is 0 Å². The van der Waals surface area contributed by atoms with Gasteiger partial charge in [0.25, 0.3) is 0 Å². The molecule has 0 bridgehead atoms. The van der Waals surface area contributed by atoms with E-state index < -0.39 is 0 Å². The van der Waals surface area contributed by atoms with Crippen LogP contribution in [0.4, 0.5) is 0 Å². The van der Waals surface area contributed by atoms with Crippen molar-refractivity contribution in [3.8, 4) is 0 Å². The van der Waals surface area contributed by atoms with E-state index in [4.69, 9.17) is 11.6 Å². The van der Waals surface area contributed by atoms with Gasteiger partial charge in [0, 0.05) is 0 Å². The van der Waals surface area contributed by atoms with Crippen molar-refractivity contribution in [2.45, 2.75) is 0 Å². The minimum Gasteiger partial charge on any atom is -0.288 e. The fraction of sp³-hybridized carbons (Fsp3) is 0. The Hall–Kier alpha value is -1.21. The van der Waals surface area contributed by atoms with Gasteiger partial charge < -0.3 is 0 Å². The molecule has 0 aliphatic rings. The zero-order chi connectivity index (χ0) is 8.81. The highest BCUT2D eigenvalue weighted by Gasteiger charge is 1.78. The molecule has 0 radical (unpaired) electrons. The number of hydrogen-bond donors (Lipinski definition) is 3. The number of aromatic nitrogens is 6. The van der Waals surface area contributed by atoms with E-state index >= 15 is 0 Å². The first-order chi connectivity index (χ1) is 5.79. The fourth-order valence-electron chi connectivity index (χ4n) is 0.408. The summed E-state index contributed by atoms with van der Waals surface area (Å²) < 4.78 is 0.495. The van der Waals surface area contributed by atoms with Crippen LogP contribution in [0.25, 0.3) is 0 Å². The molecule has 0 aromatic carbocycles. The summed E-state index contributed by atoms with van der Waals surface area (Å²) in [5.41, 5.74) is 0. The molecule has 8 heteroatoms. The van der Waals surface area contributed by atoms with E-state index in [2.05, 4.69) is 42.6 Å². The van der Waals surface area contributed by atoms with E-state index in [9.17, 15) is 0 Å². The van der Waals surface area contributed by atoms with Crippen LogP contribution in [0.2, 0.25) is 5.28 Å². The molecule has 64 valence electrons. The monoisotopic (exact) mass is 204 g/mol. The highest BCUT2D eigenvalue weighted by atomic mass is 35.5. The lowest BCUT2D eigenvalue weighted by Gasteiger charge is -1.62. The third kappa shape index (κ3) is 3.26. The highest BCUT2D eigenvalue weighted by Crippen LogP contribution is 1.90. The smallest absolute Gasteiger partial charge is 0.218 e. The fourth-order valence-corrected chi connectivity index (χ4v) is 0.612. The van der Waals surface area contributed by atoms with Crippen LogP contribution in [0, 0.1) is 4.77 Å². The van der Waals surface area contributed by atoms with Gasteiger partial charge in [-0.2, -0.15) is 5.10 Å². The Morgan fingerprint density at radius 3 is 2.42 bits per heavy atom. The second kappa shape index (κ2) is 4.62. The topological polar surface area (TPSA) is 86.0 Å². The van der Waals surface area contributed by atoms with Crippen molar-refractivity contribution in [3.63, 3.8) is 0 Å². The number of rotatable bonds is 0. The molecule has 0 saturated carbocycles. The van der Waals surface area contributed by atoms with E-state index in [0.29, 0.717) is 10.1 Å². The Labute approximate surface area is 77.4 Å². The minimum absolute atomic E-state index is 0.329. The molecule has 2 aromatic rings. The molecule has 0 spiro atoms. The SMILES string of the molecule is Clc1ncn[nH]1.S=c1nc[nH][nH]1. The summed E-state index contributed by atoms with van der Waals surface area (Å²) in [5.74, 6) is 0. The molecule has 0 unspecified atom stereocenters. The average molecular weight is 205 g/mol. The Morgan fingerprint density at radius 2 is 2.25 bits per heavy atom. The van der Waals surface area contributed by atoms with Gasteiger partial charge in [0.05, 0.1) is 0 Å². The van der Waals surface area contributed by atoms with Crippen molar-refractivity contribution in [1.82, 2.24) is 30.4 Å². The molecule has 6 nitrogen and oxygen atoms in total. The van der Waals surface area contributed by atoms with Gasteiger partial charge in [0.1, 0.15) is 12.7 Å². The molecule has 12 heavy (non-hydrogen) atoms. The third-order valence-electron chi connectivity index (χ3n) is 0.811. The third-order valence-corrected chi connectivity index (χ3v) is 1.20. The maximum absolute atomic E-state index is 5.23. The second-order valence-corrected chi connectivity index (χ2v) is 2.35. The van der Waals surface area contributed by atoms with Crippen molar-refractivity contribution in [1.29, 1.82) is 0 Å². The summed E-state index contributed by atoms with van der Waals surface area (Å²) in [6.07, 6.45) is 2.85. The predicted octanol–water partition coefficient (Wildman–Crippen LogP) is 0.925. The molecular weight excluding hydrogens is 200 g/mol. The van der Waals surface area contributed by atoms with Gasteiger partial charge in [-0.25, -0.2) is 15.1 Å². The Bertz CT molecular complexity index is 333. The maximum atomic E-state index is 5.23. The first kappa shape index (κ1) is 8.88. The van der Waals surface area contributed by atoms with E-state index in [1.807, 2.05) is 0 Å². The molecule has 0 amide bonds. The lowest BCUT2D eigenvalue weighted by atomic mass is 11.3. The van der Waals surface area contributed by atoms with Gasteiger partial charge >= 0.3 is 0 Å². The summed E-state index contributed by atoms with van der Waals surface area (Å²) in [7, 11) is 0. The number of nitrogens with zero attached hydrogens (tertiary/aromatic N) is 3. The van der Waals surface area contributed by atoms with Gasteiger partial charge in [-0.1, -0.05) is 0 Å².